The molecule has 0 amide bonds. The van der Waals surface area contributed by atoms with E-state index >= 15 is 0 Å². The van der Waals surface area contributed by atoms with Gasteiger partial charge in [0.1, 0.15) is 5.75 Å². The highest BCUT2D eigenvalue weighted by Gasteiger charge is 2.14. The molecule has 14 heavy (non-hydrogen) atoms. The van der Waals surface area contributed by atoms with Crippen LogP contribution in [0.4, 0.5) is 8.78 Å². The lowest BCUT2D eigenvalue weighted by Crippen LogP contribution is -2.11. The van der Waals surface area contributed by atoms with Crippen LogP contribution >= 0.6 is 0 Å². The maximum absolute atomic E-state index is 12.1. The number of benzene rings is 1. The van der Waals surface area contributed by atoms with Gasteiger partial charge in [-0.2, -0.15) is 8.78 Å². The average molecular weight is 201 g/mol. The zero-order valence-electron chi connectivity index (χ0n) is 8.13. The summed E-state index contributed by atoms with van der Waals surface area (Å²) in [6.45, 7) is 0.630. The quantitative estimate of drug-likeness (QED) is 0.815. The van der Waals surface area contributed by atoms with Crippen LogP contribution < -0.4 is 10.5 Å². The van der Waals surface area contributed by atoms with E-state index in [1.54, 1.807) is 32.0 Å². The lowest BCUT2D eigenvalue weighted by atomic mass is 10.0. The third-order valence-corrected chi connectivity index (χ3v) is 1.94. The van der Waals surface area contributed by atoms with Gasteiger partial charge in [0.05, 0.1) is 0 Å². The molecule has 0 heterocycles. The van der Waals surface area contributed by atoms with Gasteiger partial charge in [0.25, 0.3) is 0 Å². The van der Waals surface area contributed by atoms with Crippen molar-refractivity contribution >= 4 is 0 Å². The molecule has 1 atom stereocenters. The monoisotopic (exact) mass is 201 g/mol. The number of ether oxygens (including phenoxy) is 1. The molecule has 0 spiro atoms. The highest BCUT2D eigenvalue weighted by molar-refractivity contribution is 5.42. The van der Waals surface area contributed by atoms with Gasteiger partial charge < -0.3 is 10.5 Å². The Morgan fingerprint density at radius 1 is 1.36 bits per heavy atom. The molecule has 0 aliphatic heterocycles. The average Bonchev–Trinajstić information content (AvgIpc) is 2.07. The number of hydrogen-bond donors (Lipinski definition) is 1. The second-order valence-corrected chi connectivity index (χ2v) is 3.16. The van der Waals surface area contributed by atoms with Gasteiger partial charge in [0, 0.05) is 11.6 Å². The first-order chi connectivity index (χ1) is 6.52. The predicted molar refractivity (Wildman–Crippen MR) is 50.4 cm³/mol. The highest BCUT2D eigenvalue weighted by atomic mass is 19.3. The van der Waals surface area contributed by atoms with E-state index in [9.17, 15) is 8.78 Å². The van der Waals surface area contributed by atoms with Crippen molar-refractivity contribution in [3.8, 4) is 5.75 Å². The second kappa shape index (κ2) is 4.37. The van der Waals surface area contributed by atoms with Gasteiger partial charge in [0.2, 0.25) is 0 Å². The SMILES string of the molecule is Cc1cccc([C@@H](C)N)c1OC(F)F. The standard InChI is InChI=1S/C10H13F2NO/c1-6-4-3-5-8(7(2)13)9(6)14-10(11)12/h3-5,7,10H,13H2,1-2H3/t7-/m1/s1. The van der Waals surface area contributed by atoms with Crippen LogP contribution in [0.1, 0.15) is 24.1 Å². The number of nitrogens with two attached hydrogens (primary N) is 1. The van der Waals surface area contributed by atoms with E-state index < -0.39 is 6.61 Å². The summed E-state index contributed by atoms with van der Waals surface area (Å²) >= 11 is 0. The van der Waals surface area contributed by atoms with Crippen molar-refractivity contribution in [3.05, 3.63) is 29.3 Å². The van der Waals surface area contributed by atoms with Gasteiger partial charge in [-0.05, 0) is 19.4 Å². The Kier molecular flexibility index (Phi) is 3.41. The molecular formula is C10H13F2NO. The fourth-order valence-electron chi connectivity index (χ4n) is 1.28. The number of halogens is 2. The minimum Gasteiger partial charge on any atom is -0.434 e. The Morgan fingerprint density at radius 3 is 2.50 bits per heavy atom. The van der Waals surface area contributed by atoms with Gasteiger partial charge in [0.15, 0.2) is 0 Å². The molecule has 0 aliphatic carbocycles. The summed E-state index contributed by atoms with van der Waals surface area (Å²) in [7, 11) is 0. The van der Waals surface area contributed by atoms with Crippen molar-refractivity contribution in [2.45, 2.75) is 26.5 Å². The molecule has 0 aliphatic rings. The first-order valence-corrected chi connectivity index (χ1v) is 4.32. The smallest absolute Gasteiger partial charge is 0.387 e. The summed E-state index contributed by atoms with van der Waals surface area (Å²) in [5, 5.41) is 0. The third kappa shape index (κ3) is 2.42. The van der Waals surface area contributed by atoms with Crippen LogP contribution in [0.3, 0.4) is 0 Å². The molecule has 78 valence electrons. The molecule has 0 fully saturated rings. The predicted octanol–water partition coefficient (Wildman–Crippen LogP) is 2.62. The van der Waals surface area contributed by atoms with Crippen LogP contribution in [0, 0.1) is 6.92 Å². The highest BCUT2D eigenvalue weighted by Crippen LogP contribution is 2.28. The molecule has 1 rings (SSSR count). The topological polar surface area (TPSA) is 35.2 Å². The summed E-state index contributed by atoms with van der Waals surface area (Å²) in [4.78, 5) is 0. The molecule has 2 nitrogen and oxygen atoms in total. The van der Waals surface area contributed by atoms with Crippen LogP contribution in [0.25, 0.3) is 0 Å². The van der Waals surface area contributed by atoms with Gasteiger partial charge in [-0.15, -0.1) is 0 Å². The van der Waals surface area contributed by atoms with E-state index in [2.05, 4.69) is 4.74 Å². The summed E-state index contributed by atoms with van der Waals surface area (Å²) in [5.74, 6) is 0.192. The van der Waals surface area contributed by atoms with Gasteiger partial charge in [-0.25, -0.2) is 0 Å². The first-order valence-electron chi connectivity index (χ1n) is 4.32. The number of alkyl halides is 2. The van der Waals surface area contributed by atoms with E-state index in [0.29, 0.717) is 11.1 Å². The molecule has 0 saturated carbocycles. The van der Waals surface area contributed by atoms with Crippen molar-refractivity contribution in [2.75, 3.05) is 0 Å². The Morgan fingerprint density at radius 2 is 2.00 bits per heavy atom. The Hall–Kier alpha value is -1.16. The third-order valence-electron chi connectivity index (χ3n) is 1.94. The zero-order valence-corrected chi connectivity index (χ0v) is 8.13. The maximum Gasteiger partial charge on any atom is 0.387 e. The summed E-state index contributed by atoms with van der Waals surface area (Å²) in [6, 6.07) is 4.86. The minimum absolute atomic E-state index is 0.192. The second-order valence-electron chi connectivity index (χ2n) is 3.16. The van der Waals surface area contributed by atoms with E-state index in [1.165, 1.54) is 0 Å². The molecular weight excluding hydrogens is 188 g/mol. The van der Waals surface area contributed by atoms with Gasteiger partial charge in [-0.3, -0.25) is 0 Å². The van der Waals surface area contributed by atoms with Crippen LogP contribution in [0.5, 0.6) is 5.75 Å². The molecule has 0 radical (unpaired) electrons. The van der Waals surface area contributed by atoms with E-state index in [4.69, 9.17) is 5.73 Å². The first kappa shape index (κ1) is 10.9. The van der Waals surface area contributed by atoms with Crippen molar-refractivity contribution < 1.29 is 13.5 Å². The number of para-hydroxylation sites is 1. The number of hydrogen-bond acceptors (Lipinski definition) is 2. The van der Waals surface area contributed by atoms with Crippen LogP contribution in [0.2, 0.25) is 0 Å². The van der Waals surface area contributed by atoms with Crippen LogP contribution in [-0.2, 0) is 0 Å². The molecule has 2 N–H and O–H groups in total. The summed E-state index contributed by atoms with van der Waals surface area (Å²) in [6.07, 6.45) is 0. The molecule has 1 aromatic rings. The fraction of sp³-hybridized carbons (Fsp3) is 0.400. The van der Waals surface area contributed by atoms with Crippen molar-refractivity contribution in [2.24, 2.45) is 5.73 Å². The summed E-state index contributed by atoms with van der Waals surface area (Å²) < 4.78 is 28.6. The summed E-state index contributed by atoms with van der Waals surface area (Å²) in [5.41, 5.74) is 6.90. The van der Waals surface area contributed by atoms with E-state index in [1.807, 2.05) is 0 Å². The molecule has 0 bridgehead atoms. The van der Waals surface area contributed by atoms with Gasteiger partial charge >= 0.3 is 6.61 Å². The Bertz CT molecular complexity index is 313. The maximum atomic E-state index is 12.1. The Labute approximate surface area is 81.7 Å². The minimum atomic E-state index is -2.81. The lowest BCUT2D eigenvalue weighted by Gasteiger charge is -2.15. The van der Waals surface area contributed by atoms with Gasteiger partial charge in [-0.1, -0.05) is 18.2 Å². The van der Waals surface area contributed by atoms with Crippen molar-refractivity contribution in [1.82, 2.24) is 0 Å². The van der Waals surface area contributed by atoms with E-state index in [-0.39, 0.29) is 11.8 Å². The normalized spacial score (nSPS) is 13.0. The zero-order chi connectivity index (χ0) is 10.7. The molecule has 0 unspecified atom stereocenters. The largest absolute Gasteiger partial charge is 0.434 e. The fourth-order valence-corrected chi connectivity index (χ4v) is 1.28. The molecule has 0 saturated heterocycles. The lowest BCUT2D eigenvalue weighted by molar-refractivity contribution is -0.0510. The Balaban J connectivity index is 3.09. The van der Waals surface area contributed by atoms with Crippen LogP contribution in [0.15, 0.2) is 18.2 Å². The molecule has 1 aromatic carbocycles. The van der Waals surface area contributed by atoms with Crippen molar-refractivity contribution in [3.63, 3.8) is 0 Å². The van der Waals surface area contributed by atoms with E-state index in [0.717, 1.165) is 0 Å². The number of rotatable bonds is 3. The number of aryl methyl sites for hydroxylation is 1. The van der Waals surface area contributed by atoms with Crippen molar-refractivity contribution in [1.29, 1.82) is 0 Å². The molecule has 0 aromatic heterocycles. The molecule has 4 heteroatoms. The van der Waals surface area contributed by atoms with Crippen LogP contribution in [-0.4, -0.2) is 6.61 Å².